The van der Waals surface area contributed by atoms with Crippen LogP contribution < -0.4 is 4.90 Å². The highest BCUT2D eigenvalue weighted by molar-refractivity contribution is 5.49. The van der Waals surface area contributed by atoms with E-state index in [1.54, 1.807) is 19.2 Å². The Kier molecular flexibility index (Phi) is 2.84. The summed E-state index contributed by atoms with van der Waals surface area (Å²) in [5, 5.41) is 10.5. The van der Waals surface area contributed by atoms with E-state index in [1.165, 1.54) is 0 Å². The molecule has 23 heavy (non-hydrogen) atoms. The highest BCUT2D eigenvalue weighted by atomic mass is 19.4. The van der Waals surface area contributed by atoms with Crippen LogP contribution in [0.2, 0.25) is 0 Å². The van der Waals surface area contributed by atoms with Gasteiger partial charge in [-0.2, -0.15) is 27.8 Å². The summed E-state index contributed by atoms with van der Waals surface area (Å²) in [6.45, 7) is 2.92. The number of anilines is 1. The van der Waals surface area contributed by atoms with Crippen LogP contribution in [0.5, 0.6) is 0 Å². The van der Waals surface area contributed by atoms with Crippen LogP contribution in [-0.2, 0) is 19.1 Å². The number of H-pyrrole nitrogens is 1. The Bertz CT molecular complexity index is 879. The van der Waals surface area contributed by atoms with E-state index >= 15 is 0 Å². The Balaban J connectivity index is 1.82. The fourth-order valence-electron chi connectivity index (χ4n) is 2.73. The summed E-state index contributed by atoms with van der Waals surface area (Å²) < 4.78 is 39.7. The molecule has 4 heterocycles. The molecule has 10 heteroatoms. The summed E-state index contributed by atoms with van der Waals surface area (Å²) in [4.78, 5) is 9.50. The van der Waals surface area contributed by atoms with Gasteiger partial charge in [-0.15, -0.1) is 5.10 Å². The fraction of sp³-hybridized carbons (Fsp3) is 0.385. The van der Waals surface area contributed by atoms with Gasteiger partial charge in [0.1, 0.15) is 5.82 Å². The Morgan fingerprint density at radius 2 is 2.09 bits per heavy atom. The number of aromatic nitrogens is 6. The average Bonchev–Trinajstić information content (AvgIpc) is 3.10. The summed E-state index contributed by atoms with van der Waals surface area (Å²) in [7, 11) is 0. The molecule has 0 aliphatic carbocycles. The smallest absolute Gasteiger partial charge is 0.352 e. The highest BCUT2D eigenvalue weighted by Crippen LogP contribution is 2.29. The topological polar surface area (TPSA) is 75.0 Å². The third-order valence-electron chi connectivity index (χ3n) is 3.80. The molecule has 7 nitrogen and oxygen atoms in total. The standard InChI is InChI=1S/C13H12F3N7/c1-7-4-10(22-3-2-9-8(6-22)5-17-20-9)23-12(18-7)19-11(21-23)13(14,15)16/h4-5H,2-3,6H2,1H3,(H,17,20). The molecule has 3 aromatic heterocycles. The predicted octanol–water partition coefficient (Wildman–Crippen LogP) is 1.74. The first-order chi connectivity index (χ1) is 10.9. The van der Waals surface area contributed by atoms with Gasteiger partial charge in [-0.3, -0.25) is 5.10 Å². The number of aromatic amines is 1. The Morgan fingerprint density at radius 1 is 1.26 bits per heavy atom. The van der Waals surface area contributed by atoms with Gasteiger partial charge in [0.2, 0.25) is 0 Å². The van der Waals surface area contributed by atoms with Crippen molar-refractivity contribution in [1.29, 1.82) is 0 Å². The summed E-state index contributed by atoms with van der Waals surface area (Å²) >= 11 is 0. The molecular formula is C13H12F3N7. The summed E-state index contributed by atoms with van der Waals surface area (Å²) in [5.74, 6) is -0.689. The first-order valence-corrected chi connectivity index (χ1v) is 6.99. The number of nitrogens with one attached hydrogen (secondary N) is 1. The second kappa shape index (κ2) is 4.67. The number of halogens is 3. The van der Waals surface area contributed by atoms with Crippen molar-refractivity contribution in [1.82, 2.24) is 29.8 Å². The molecule has 0 amide bonds. The van der Waals surface area contributed by atoms with E-state index < -0.39 is 12.0 Å². The minimum Gasteiger partial charge on any atom is -0.352 e. The lowest BCUT2D eigenvalue weighted by Gasteiger charge is -2.28. The van der Waals surface area contributed by atoms with Gasteiger partial charge >= 0.3 is 6.18 Å². The average molecular weight is 323 g/mol. The third kappa shape index (κ3) is 2.30. The van der Waals surface area contributed by atoms with Gasteiger partial charge in [0.15, 0.2) is 0 Å². The second-order valence-electron chi connectivity index (χ2n) is 5.45. The molecule has 4 rings (SSSR count). The number of fused-ring (bicyclic) bond motifs is 2. The van der Waals surface area contributed by atoms with Crippen molar-refractivity contribution in [2.24, 2.45) is 0 Å². The largest absolute Gasteiger partial charge is 0.453 e. The zero-order valence-corrected chi connectivity index (χ0v) is 12.1. The van der Waals surface area contributed by atoms with Crippen LogP contribution in [0, 0.1) is 6.92 Å². The zero-order valence-electron chi connectivity index (χ0n) is 12.1. The summed E-state index contributed by atoms with van der Waals surface area (Å²) in [6, 6.07) is 1.72. The number of aryl methyl sites for hydroxylation is 1. The number of hydrogen-bond acceptors (Lipinski definition) is 5. The van der Waals surface area contributed by atoms with Crippen LogP contribution in [0.15, 0.2) is 12.3 Å². The molecule has 1 aliphatic rings. The lowest BCUT2D eigenvalue weighted by molar-refractivity contribution is -0.144. The number of alkyl halides is 3. The van der Waals surface area contributed by atoms with Gasteiger partial charge in [0, 0.05) is 42.5 Å². The van der Waals surface area contributed by atoms with Crippen molar-refractivity contribution >= 4 is 11.6 Å². The monoisotopic (exact) mass is 323 g/mol. The molecule has 0 spiro atoms. The van der Waals surface area contributed by atoms with Crippen LogP contribution in [0.25, 0.3) is 5.78 Å². The zero-order chi connectivity index (χ0) is 16.2. The van der Waals surface area contributed by atoms with Crippen LogP contribution in [0.4, 0.5) is 19.0 Å². The summed E-state index contributed by atoms with van der Waals surface area (Å²) in [6.07, 6.45) is -2.13. The fourth-order valence-corrected chi connectivity index (χ4v) is 2.73. The molecule has 1 N–H and O–H groups in total. The predicted molar refractivity (Wildman–Crippen MR) is 73.9 cm³/mol. The lowest BCUT2D eigenvalue weighted by atomic mass is 10.1. The number of hydrogen-bond donors (Lipinski definition) is 1. The maximum absolute atomic E-state index is 12.9. The Labute approximate surface area is 128 Å². The first kappa shape index (κ1) is 14.0. The molecule has 0 fully saturated rings. The second-order valence-corrected chi connectivity index (χ2v) is 5.45. The van der Waals surface area contributed by atoms with Crippen molar-refractivity contribution in [2.45, 2.75) is 26.1 Å². The molecule has 0 atom stereocenters. The van der Waals surface area contributed by atoms with Gasteiger partial charge < -0.3 is 4.90 Å². The molecule has 0 bridgehead atoms. The van der Waals surface area contributed by atoms with Gasteiger partial charge in [0.05, 0.1) is 6.20 Å². The van der Waals surface area contributed by atoms with E-state index in [0.29, 0.717) is 24.6 Å². The van der Waals surface area contributed by atoms with Crippen LogP contribution in [-0.4, -0.2) is 36.3 Å². The molecule has 0 unspecified atom stereocenters. The van der Waals surface area contributed by atoms with Crippen molar-refractivity contribution in [3.63, 3.8) is 0 Å². The molecular weight excluding hydrogens is 311 g/mol. The minimum absolute atomic E-state index is 0.0506. The molecule has 1 aliphatic heterocycles. The quantitative estimate of drug-likeness (QED) is 0.738. The lowest BCUT2D eigenvalue weighted by Crippen LogP contribution is -2.31. The first-order valence-electron chi connectivity index (χ1n) is 6.99. The van der Waals surface area contributed by atoms with Crippen LogP contribution in [0.1, 0.15) is 22.8 Å². The van der Waals surface area contributed by atoms with E-state index in [4.69, 9.17) is 0 Å². The van der Waals surface area contributed by atoms with Crippen molar-refractivity contribution in [3.8, 4) is 0 Å². The number of nitrogens with zero attached hydrogens (tertiary/aromatic N) is 6. The SMILES string of the molecule is Cc1cc(N2CCc3[nH]ncc3C2)n2nc(C(F)(F)F)nc2n1. The van der Waals surface area contributed by atoms with Crippen molar-refractivity contribution in [2.75, 3.05) is 11.4 Å². The Hall–Kier alpha value is -2.65. The minimum atomic E-state index is -4.60. The Morgan fingerprint density at radius 3 is 2.87 bits per heavy atom. The molecule has 0 aromatic carbocycles. The molecule has 3 aromatic rings. The molecule has 0 saturated heterocycles. The number of rotatable bonds is 1. The molecule has 120 valence electrons. The van der Waals surface area contributed by atoms with Crippen molar-refractivity contribution in [3.05, 3.63) is 35.0 Å². The van der Waals surface area contributed by atoms with Crippen molar-refractivity contribution < 1.29 is 13.2 Å². The van der Waals surface area contributed by atoms with E-state index in [9.17, 15) is 13.2 Å². The van der Waals surface area contributed by atoms with E-state index in [2.05, 4.69) is 25.3 Å². The van der Waals surface area contributed by atoms with Crippen LogP contribution >= 0.6 is 0 Å². The van der Waals surface area contributed by atoms with E-state index in [0.717, 1.165) is 22.2 Å². The normalized spacial score (nSPS) is 15.2. The highest BCUT2D eigenvalue weighted by Gasteiger charge is 2.37. The van der Waals surface area contributed by atoms with E-state index in [1.807, 2.05) is 4.90 Å². The van der Waals surface area contributed by atoms with Gasteiger partial charge in [0.25, 0.3) is 11.6 Å². The maximum atomic E-state index is 12.9. The summed E-state index contributed by atoms with van der Waals surface area (Å²) in [5.41, 5.74) is 2.67. The van der Waals surface area contributed by atoms with Gasteiger partial charge in [-0.05, 0) is 6.92 Å². The van der Waals surface area contributed by atoms with Gasteiger partial charge in [-0.1, -0.05) is 0 Å². The molecule has 0 saturated carbocycles. The van der Waals surface area contributed by atoms with E-state index in [-0.39, 0.29) is 5.78 Å². The van der Waals surface area contributed by atoms with Crippen LogP contribution in [0.3, 0.4) is 0 Å². The third-order valence-corrected chi connectivity index (χ3v) is 3.80. The van der Waals surface area contributed by atoms with Gasteiger partial charge in [-0.25, -0.2) is 4.98 Å². The maximum Gasteiger partial charge on any atom is 0.453 e. The molecule has 0 radical (unpaired) electrons.